The Morgan fingerprint density at radius 1 is 0.848 bits per heavy atom. The monoisotopic (exact) mass is 675 g/mol. The third kappa shape index (κ3) is 13.2. The second kappa shape index (κ2) is 22.7. The van der Waals surface area contributed by atoms with Gasteiger partial charge in [0.1, 0.15) is 37.0 Å². The average molecular weight is 676 g/mol. The molecule has 0 aromatic carbocycles. The summed E-state index contributed by atoms with van der Waals surface area (Å²) < 4.78 is 25.5. The van der Waals surface area contributed by atoms with Crippen LogP contribution in [-0.2, 0) is 36.4 Å². The Morgan fingerprint density at radius 3 is 1.74 bits per heavy atom. The first-order valence-electron chi connectivity index (χ1n) is 15.8. The van der Waals surface area contributed by atoms with E-state index in [9.17, 15) is 24.8 Å². The van der Waals surface area contributed by atoms with Gasteiger partial charge < -0.3 is 30.2 Å². The van der Waals surface area contributed by atoms with Gasteiger partial charge in [-0.15, -0.1) is 0 Å². The fourth-order valence-corrected chi connectivity index (χ4v) is 7.33. The summed E-state index contributed by atoms with van der Waals surface area (Å²) in [5, 5.41) is 29.7. The molecule has 3 heterocycles. The summed E-state index contributed by atoms with van der Waals surface area (Å²) in [6.07, 6.45) is 11.3. The SMILES string of the molecule is C.CCCCCCN(C)CCC.CCCN1CCN(CCC)P1(=O)OCc1cnc([N+](=O)[O-])n1C.Cn1c(CO)cnc1[N+](=O)[O-]. The van der Waals surface area contributed by atoms with E-state index < -0.39 is 17.5 Å². The van der Waals surface area contributed by atoms with Gasteiger partial charge in [-0.3, -0.25) is 9.09 Å². The van der Waals surface area contributed by atoms with E-state index in [1.54, 1.807) is 7.05 Å². The highest BCUT2D eigenvalue weighted by atomic mass is 31.2. The lowest BCUT2D eigenvalue weighted by Gasteiger charge is -2.28. The highest BCUT2D eigenvalue weighted by molar-refractivity contribution is 7.54. The summed E-state index contributed by atoms with van der Waals surface area (Å²) >= 11 is 0. The smallest absolute Gasteiger partial charge is 0.390 e. The second-order valence-corrected chi connectivity index (χ2v) is 13.3. The molecule has 3 rings (SSSR count). The molecule has 0 aliphatic carbocycles. The number of hydrogen-bond acceptors (Lipinski definition) is 10. The van der Waals surface area contributed by atoms with Crippen molar-refractivity contribution < 1.29 is 24.0 Å². The van der Waals surface area contributed by atoms with E-state index in [-0.39, 0.29) is 32.5 Å². The molecule has 46 heavy (non-hydrogen) atoms. The zero-order chi connectivity index (χ0) is 34.0. The molecule has 0 bridgehead atoms. The number of imidazole rings is 2. The van der Waals surface area contributed by atoms with Crippen molar-refractivity contribution in [2.75, 3.05) is 46.3 Å². The number of rotatable bonds is 17. The fraction of sp³-hybridized carbons (Fsp3) is 0.793. The second-order valence-electron chi connectivity index (χ2n) is 10.9. The van der Waals surface area contributed by atoms with E-state index in [2.05, 4.69) is 35.8 Å². The van der Waals surface area contributed by atoms with E-state index in [4.69, 9.17) is 9.63 Å². The quantitative estimate of drug-likeness (QED) is 0.0930. The van der Waals surface area contributed by atoms with E-state index in [1.807, 2.05) is 23.2 Å². The number of nitrogens with zero attached hydrogens (tertiary/aromatic N) is 9. The van der Waals surface area contributed by atoms with Crippen molar-refractivity contribution in [3.05, 3.63) is 44.0 Å². The van der Waals surface area contributed by atoms with Crippen molar-refractivity contribution in [2.45, 2.75) is 93.3 Å². The molecule has 0 saturated carbocycles. The fourth-order valence-electron chi connectivity index (χ4n) is 4.76. The Kier molecular flexibility index (Phi) is 21.4. The molecule has 2 aromatic rings. The van der Waals surface area contributed by atoms with Crippen molar-refractivity contribution >= 4 is 19.6 Å². The maximum absolute atomic E-state index is 13.3. The molecule has 2 aromatic heterocycles. The molecule has 1 aliphatic heterocycles. The molecular formula is C29H58N9O7P. The van der Waals surface area contributed by atoms with E-state index in [0.717, 1.165) is 25.9 Å². The van der Waals surface area contributed by atoms with Crippen molar-refractivity contribution in [1.82, 2.24) is 33.3 Å². The first kappa shape index (κ1) is 43.2. The van der Waals surface area contributed by atoms with E-state index in [0.29, 0.717) is 24.5 Å². The summed E-state index contributed by atoms with van der Waals surface area (Å²) in [6.45, 7) is 13.8. The van der Waals surface area contributed by atoms with Crippen molar-refractivity contribution in [3.63, 3.8) is 0 Å². The number of nitro groups is 2. The summed E-state index contributed by atoms with van der Waals surface area (Å²) in [5.41, 5.74) is 0.962. The van der Waals surface area contributed by atoms with Gasteiger partial charge in [-0.05, 0) is 55.7 Å². The van der Waals surface area contributed by atoms with Crippen LogP contribution in [0.4, 0.5) is 11.9 Å². The minimum Gasteiger partial charge on any atom is -0.390 e. The van der Waals surface area contributed by atoms with E-state index in [1.165, 1.54) is 73.8 Å². The molecule has 1 aliphatic rings. The Bertz CT molecular complexity index is 1190. The van der Waals surface area contributed by atoms with Crippen LogP contribution in [0.1, 0.15) is 91.5 Å². The molecule has 0 radical (unpaired) electrons. The zero-order valence-corrected chi connectivity index (χ0v) is 29.0. The van der Waals surface area contributed by atoms with Crippen LogP contribution in [0, 0.1) is 20.2 Å². The van der Waals surface area contributed by atoms with Crippen molar-refractivity contribution in [1.29, 1.82) is 0 Å². The van der Waals surface area contributed by atoms with Gasteiger partial charge in [0.15, 0.2) is 0 Å². The first-order valence-corrected chi connectivity index (χ1v) is 17.3. The minimum absolute atomic E-state index is 0. The van der Waals surface area contributed by atoms with Gasteiger partial charge >= 0.3 is 19.6 Å². The highest BCUT2D eigenvalue weighted by Gasteiger charge is 2.43. The zero-order valence-electron chi connectivity index (χ0n) is 28.1. The topological polar surface area (TPSA) is 178 Å². The Morgan fingerprint density at radius 2 is 1.35 bits per heavy atom. The minimum atomic E-state index is -3.07. The van der Waals surface area contributed by atoms with Crippen molar-refractivity contribution in [2.24, 2.45) is 14.1 Å². The molecular weight excluding hydrogens is 617 g/mol. The lowest BCUT2D eigenvalue weighted by atomic mass is 10.2. The molecule has 1 fully saturated rings. The Hall–Kier alpha value is -2.75. The first-order chi connectivity index (χ1) is 21.4. The van der Waals surface area contributed by atoms with Crippen LogP contribution in [0.15, 0.2) is 12.4 Å². The van der Waals surface area contributed by atoms with Crippen LogP contribution in [0.25, 0.3) is 0 Å². The Labute approximate surface area is 274 Å². The molecule has 0 spiro atoms. The van der Waals surface area contributed by atoms with E-state index >= 15 is 0 Å². The van der Waals surface area contributed by atoms with Crippen LogP contribution in [0.2, 0.25) is 0 Å². The number of hydrogen-bond donors (Lipinski definition) is 1. The number of aliphatic hydroxyl groups is 1. The maximum Gasteiger partial charge on any atom is 0.434 e. The molecule has 0 unspecified atom stereocenters. The molecule has 16 nitrogen and oxygen atoms in total. The van der Waals surface area contributed by atoms with Gasteiger partial charge in [-0.2, -0.15) is 0 Å². The number of aliphatic hydroxyl groups excluding tert-OH is 1. The number of unbranched alkanes of at least 4 members (excludes halogenated alkanes) is 3. The van der Waals surface area contributed by atoms with Gasteiger partial charge in [0.05, 0.1) is 14.1 Å². The lowest BCUT2D eigenvalue weighted by Crippen LogP contribution is -2.23. The van der Waals surface area contributed by atoms with Crippen LogP contribution >= 0.6 is 7.67 Å². The van der Waals surface area contributed by atoms with Crippen LogP contribution in [-0.4, -0.2) is 94.6 Å². The van der Waals surface area contributed by atoms with Gasteiger partial charge in [-0.25, -0.2) is 18.5 Å². The summed E-state index contributed by atoms with van der Waals surface area (Å²) in [5.74, 6) is -0.502. The van der Waals surface area contributed by atoms with Gasteiger partial charge in [0, 0.05) is 26.2 Å². The van der Waals surface area contributed by atoms with Gasteiger partial charge in [-0.1, -0.05) is 64.4 Å². The lowest BCUT2D eigenvalue weighted by molar-refractivity contribution is -0.396. The molecule has 266 valence electrons. The molecule has 17 heteroatoms. The molecule has 0 atom stereocenters. The molecule has 0 amide bonds. The predicted octanol–water partition coefficient (Wildman–Crippen LogP) is 5.76. The molecule has 1 saturated heterocycles. The van der Waals surface area contributed by atoms with Crippen LogP contribution < -0.4 is 0 Å². The van der Waals surface area contributed by atoms with Crippen LogP contribution in [0.3, 0.4) is 0 Å². The summed E-state index contributed by atoms with van der Waals surface area (Å²) in [7, 11) is 2.19. The predicted molar refractivity (Wildman–Crippen MR) is 180 cm³/mol. The van der Waals surface area contributed by atoms with Gasteiger partial charge in [0.25, 0.3) is 0 Å². The highest BCUT2D eigenvalue weighted by Crippen LogP contribution is 2.58. The van der Waals surface area contributed by atoms with Crippen molar-refractivity contribution in [3.8, 4) is 0 Å². The largest absolute Gasteiger partial charge is 0.434 e. The molecule has 1 N–H and O–H groups in total. The standard InChI is InChI=1S/C13H24N5O4P.C10H23N.C5H7N3O3.CH4/c1-4-6-16-8-9-17(7-5-2)23(16,21)22-11-12-10-14-13(15(12)3)18(19)20;1-4-6-7-8-10-11(3)9-5-2;1-7-4(3-9)2-6-5(7)8(10)11;/h10H,4-9,11H2,1-3H3;4-10H2,1-3H3;2,9H,3H2,1H3;1H4. The third-order valence-corrected chi connectivity index (χ3v) is 9.98. The Balaban J connectivity index is 0.000000740. The summed E-state index contributed by atoms with van der Waals surface area (Å²) in [6, 6.07) is 0. The third-order valence-electron chi connectivity index (χ3n) is 7.28. The van der Waals surface area contributed by atoms with Crippen LogP contribution in [0.5, 0.6) is 0 Å². The normalized spacial score (nSPS) is 14.3. The van der Waals surface area contributed by atoms with Gasteiger partial charge in [0.2, 0.25) is 0 Å². The summed E-state index contributed by atoms with van der Waals surface area (Å²) in [4.78, 5) is 29.6. The number of aromatic nitrogens is 4. The maximum atomic E-state index is 13.3. The average Bonchev–Trinajstić information content (AvgIpc) is 3.66.